The second kappa shape index (κ2) is 6.76. The Labute approximate surface area is 157 Å². The van der Waals surface area contributed by atoms with Gasteiger partial charge in [-0.15, -0.1) is 0 Å². The number of anilines is 1. The first kappa shape index (κ1) is 17.1. The molecule has 5 nitrogen and oxygen atoms in total. The fourth-order valence-corrected chi connectivity index (χ4v) is 3.11. The zero-order valence-electron chi connectivity index (χ0n) is 15.6. The van der Waals surface area contributed by atoms with Crippen LogP contribution in [0.2, 0.25) is 0 Å². The van der Waals surface area contributed by atoms with Crippen molar-refractivity contribution >= 4 is 22.7 Å². The summed E-state index contributed by atoms with van der Waals surface area (Å²) < 4.78 is 7.45. The molecule has 0 saturated heterocycles. The fourth-order valence-electron chi connectivity index (χ4n) is 3.11. The maximum atomic E-state index is 12.6. The molecule has 1 N–H and O–H groups in total. The molecule has 0 bridgehead atoms. The first-order valence-corrected chi connectivity index (χ1v) is 8.98. The van der Waals surface area contributed by atoms with Crippen LogP contribution in [0.1, 0.15) is 41.4 Å². The standard InChI is InChI=1S/C22H21N3O2/c1-14(2)16-8-10-17(11-9-16)25-13-12-20(24-25)23-22(26)21-15(3)18-6-4-5-7-19(18)27-21/h4-14H,1-3H3,(H,23,24,26). The van der Waals surface area contributed by atoms with Crippen molar-refractivity contribution in [2.45, 2.75) is 26.7 Å². The highest BCUT2D eigenvalue weighted by Crippen LogP contribution is 2.25. The summed E-state index contributed by atoms with van der Waals surface area (Å²) in [6.45, 7) is 6.21. The number of furan rings is 1. The molecule has 136 valence electrons. The maximum absolute atomic E-state index is 12.6. The van der Waals surface area contributed by atoms with Gasteiger partial charge >= 0.3 is 0 Å². The molecule has 0 aliphatic carbocycles. The van der Waals surface area contributed by atoms with Crippen molar-refractivity contribution in [3.63, 3.8) is 0 Å². The average Bonchev–Trinajstić information content (AvgIpc) is 3.27. The topological polar surface area (TPSA) is 60.1 Å². The molecule has 0 fully saturated rings. The number of hydrogen-bond acceptors (Lipinski definition) is 3. The van der Waals surface area contributed by atoms with Gasteiger partial charge in [-0.3, -0.25) is 4.79 Å². The molecule has 0 atom stereocenters. The van der Waals surface area contributed by atoms with Crippen LogP contribution in [0.15, 0.2) is 65.2 Å². The average molecular weight is 359 g/mol. The Hall–Kier alpha value is -3.34. The Morgan fingerprint density at radius 2 is 1.81 bits per heavy atom. The minimum absolute atomic E-state index is 0.302. The summed E-state index contributed by atoms with van der Waals surface area (Å²) in [5.41, 5.74) is 3.75. The molecule has 0 unspecified atom stereocenters. The lowest BCUT2D eigenvalue weighted by molar-refractivity contribution is 0.0997. The molecule has 27 heavy (non-hydrogen) atoms. The summed E-state index contributed by atoms with van der Waals surface area (Å²) in [6.07, 6.45) is 1.82. The van der Waals surface area contributed by atoms with E-state index in [0.29, 0.717) is 23.1 Å². The zero-order valence-corrected chi connectivity index (χ0v) is 15.6. The highest BCUT2D eigenvalue weighted by atomic mass is 16.3. The van der Waals surface area contributed by atoms with E-state index in [-0.39, 0.29) is 5.91 Å². The first-order chi connectivity index (χ1) is 13.0. The van der Waals surface area contributed by atoms with Gasteiger partial charge in [0, 0.05) is 23.2 Å². The quantitative estimate of drug-likeness (QED) is 0.538. The number of nitrogens with one attached hydrogen (secondary N) is 1. The second-order valence-electron chi connectivity index (χ2n) is 6.90. The fraction of sp³-hybridized carbons (Fsp3) is 0.182. The van der Waals surface area contributed by atoms with Crippen molar-refractivity contribution in [2.75, 3.05) is 5.32 Å². The normalized spacial score (nSPS) is 11.3. The number of para-hydroxylation sites is 1. The highest BCUT2D eigenvalue weighted by Gasteiger charge is 2.18. The minimum atomic E-state index is -0.302. The highest BCUT2D eigenvalue weighted by molar-refractivity contribution is 6.06. The number of carbonyl (C=O) groups excluding carboxylic acids is 1. The monoisotopic (exact) mass is 359 g/mol. The van der Waals surface area contributed by atoms with Crippen LogP contribution in [-0.4, -0.2) is 15.7 Å². The van der Waals surface area contributed by atoms with Gasteiger partial charge in [-0.2, -0.15) is 5.10 Å². The van der Waals surface area contributed by atoms with E-state index in [1.807, 2.05) is 49.5 Å². The number of carbonyl (C=O) groups is 1. The summed E-state index contributed by atoms with van der Waals surface area (Å²) in [6, 6.07) is 17.6. The molecule has 2 aromatic heterocycles. The van der Waals surface area contributed by atoms with Gasteiger partial charge in [-0.1, -0.05) is 44.2 Å². The molecule has 2 aromatic carbocycles. The lowest BCUT2D eigenvalue weighted by Gasteiger charge is -2.07. The Balaban J connectivity index is 1.55. The van der Waals surface area contributed by atoms with Gasteiger partial charge in [-0.25, -0.2) is 4.68 Å². The van der Waals surface area contributed by atoms with E-state index in [9.17, 15) is 4.79 Å². The molecule has 0 saturated carbocycles. The lowest BCUT2D eigenvalue weighted by atomic mass is 10.0. The Bertz CT molecular complexity index is 1100. The van der Waals surface area contributed by atoms with Crippen LogP contribution in [0.4, 0.5) is 5.82 Å². The van der Waals surface area contributed by atoms with Gasteiger partial charge in [0.1, 0.15) is 5.58 Å². The van der Waals surface area contributed by atoms with Crippen LogP contribution in [0.5, 0.6) is 0 Å². The van der Waals surface area contributed by atoms with Gasteiger partial charge in [0.2, 0.25) is 0 Å². The SMILES string of the molecule is Cc1c(C(=O)Nc2ccn(-c3ccc(C(C)C)cc3)n2)oc2ccccc12. The Morgan fingerprint density at radius 3 is 2.52 bits per heavy atom. The van der Waals surface area contributed by atoms with Gasteiger partial charge < -0.3 is 9.73 Å². The summed E-state index contributed by atoms with van der Waals surface area (Å²) in [5, 5.41) is 8.21. The number of benzene rings is 2. The predicted octanol–water partition coefficient (Wildman–Crippen LogP) is 5.30. The van der Waals surface area contributed by atoms with Crippen molar-refractivity contribution in [3.8, 4) is 5.69 Å². The molecule has 5 heteroatoms. The summed E-state index contributed by atoms with van der Waals surface area (Å²) in [5.74, 6) is 0.975. The van der Waals surface area contributed by atoms with E-state index in [0.717, 1.165) is 16.6 Å². The van der Waals surface area contributed by atoms with Crippen LogP contribution in [0.25, 0.3) is 16.7 Å². The smallest absolute Gasteiger partial charge is 0.292 e. The number of aromatic nitrogens is 2. The number of nitrogens with zero attached hydrogens (tertiary/aromatic N) is 2. The van der Waals surface area contributed by atoms with E-state index in [4.69, 9.17) is 4.42 Å². The summed E-state index contributed by atoms with van der Waals surface area (Å²) in [4.78, 5) is 12.6. The molecule has 1 amide bonds. The number of rotatable bonds is 4. The van der Waals surface area contributed by atoms with Gasteiger partial charge in [0.05, 0.1) is 5.69 Å². The predicted molar refractivity (Wildman–Crippen MR) is 107 cm³/mol. The maximum Gasteiger partial charge on any atom is 0.292 e. The molecule has 0 radical (unpaired) electrons. The number of fused-ring (bicyclic) bond motifs is 1. The van der Waals surface area contributed by atoms with Gasteiger partial charge in [-0.05, 0) is 36.6 Å². The Kier molecular flexibility index (Phi) is 4.28. The second-order valence-corrected chi connectivity index (χ2v) is 6.90. The van der Waals surface area contributed by atoms with Gasteiger partial charge in [0.25, 0.3) is 5.91 Å². The molecule has 0 spiro atoms. The molecule has 4 rings (SSSR count). The largest absolute Gasteiger partial charge is 0.451 e. The van der Waals surface area contributed by atoms with Gasteiger partial charge in [0.15, 0.2) is 11.6 Å². The third-order valence-electron chi connectivity index (χ3n) is 4.70. The van der Waals surface area contributed by atoms with Crippen molar-refractivity contribution in [2.24, 2.45) is 0 Å². The molecule has 4 aromatic rings. The van der Waals surface area contributed by atoms with Crippen LogP contribution < -0.4 is 5.32 Å². The molecule has 0 aliphatic rings. The van der Waals surface area contributed by atoms with Crippen molar-refractivity contribution in [1.29, 1.82) is 0 Å². The van der Waals surface area contributed by atoms with Crippen LogP contribution in [0.3, 0.4) is 0 Å². The van der Waals surface area contributed by atoms with Crippen molar-refractivity contribution in [1.82, 2.24) is 9.78 Å². The number of amides is 1. The van der Waals surface area contributed by atoms with Crippen LogP contribution >= 0.6 is 0 Å². The summed E-state index contributed by atoms with van der Waals surface area (Å²) >= 11 is 0. The van der Waals surface area contributed by atoms with Crippen molar-refractivity contribution in [3.05, 3.63) is 77.7 Å². The van der Waals surface area contributed by atoms with Crippen LogP contribution in [0, 0.1) is 6.92 Å². The number of hydrogen-bond donors (Lipinski definition) is 1. The number of aryl methyl sites for hydroxylation is 1. The van der Waals surface area contributed by atoms with E-state index in [2.05, 4.69) is 36.4 Å². The van der Waals surface area contributed by atoms with E-state index in [1.165, 1.54) is 5.56 Å². The summed E-state index contributed by atoms with van der Waals surface area (Å²) in [7, 11) is 0. The van der Waals surface area contributed by atoms with Crippen molar-refractivity contribution < 1.29 is 9.21 Å². The Morgan fingerprint density at radius 1 is 1.07 bits per heavy atom. The third kappa shape index (κ3) is 3.24. The van der Waals surface area contributed by atoms with E-state index < -0.39 is 0 Å². The molecular weight excluding hydrogens is 338 g/mol. The first-order valence-electron chi connectivity index (χ1n) is 8.98. The minimum Gasteiger partial charge on any atom is -0.451 e. The van der Waals surface area contributed by atoms with E-state index in [1.54, 1.807) is 10.7 Å². The zero-order chi connectivity index (χ0) is 19.0. The molecule has 2 heterocycles. The lowest BCUT2D eigenvalue weighted by Crippen LogP contribution is -2.12. The van der Waals surface area contributed by atoms with E-state index >= 15 is 0 Å². The van der Waals surface area contributed by atoms with Crippen LogP contribution in [-0.2, 0) is 0 Å². The molecular formula is C22H21N3O2. The molecule has 0 aliphatic heterocycles. The third-order valence-corrected chi connectivity index (χ3v) is 4.70.